The Morgan fingerprint density at radius 2 is 1.31 bits per heavy atom. The second-order valence-corrected chi connectivity index (χ2v) is 6.79. The zero-order valence-corrected chi connectivity index (χ0v) is 16.0. The molecule has 0 bridgehead atoms. The van der Waals surface area contributed by atoms with Gasteiger partial charge in [-0.05, 0) is 60.7 Å². The van der Waals surface area contributed by atoms with Crippen LogP contribution in [0, 0.1) is 0 Å². The van der Waals surface area contributed by atoms with Gasteiger partial charge in [0.1, 0.15) is 13.2 Å². The number of halogens is 1. The van der Waals surface area contributed by atoms with E-state index in [-0.39, 0.29) is 11.8 Å². The number of nitrogens with one attached hydrogen (secondary N) is 2. The van der Waals surface area contributed by atoms with Crippen LogP contribution < -0.4 is 20.1 Å². The molecule has 7 heteroatoms. The first-order valence-corrected chi connectivity index (χ1v) is 9.34. The van der Waals surface area contributed by atoms with Crippen molar-refractivity contribution in [2.45, 2.75) is 0 Å². The first-order chi connectivity index (χ1) is 14.1. The van der Waals surface area contributed by atoms with E-state index in [0.29, 0.717) is 52.2 Å². The van der Waals surface area contributed by atoms with Gasteiger partial charge in [0, 0.05) is 27.5 Å². The molecule has 2 N–H and O–H groups in total. The third kappa shape index (κ3) is 4.50. The summed E-state index contributed by atoms with van der Waals surface area (Å²) in [6, 6.07) is 18.6. The number of hydrogen-bond acceptors (Lipinski definition) is 4. The van der Waals surface area contributed by atoms with Crippen LogP contribution in [0.15, 0.2) is 66.7 Å². The molecule has 0 spiro atoms. The molecule has 3 aromatic rings. The van der Waals surface area contributed by atoms with Crippen molar-refractivity contribution in [2.24, 2.45) is 0 Å². The second-order valence-electron chi connectivity index (χ2n) is 6.35. The van der Waals surface area contributed by atoms with Crippen LogP contribution in [-0.4, -0.2) is 25.0 Å². The van der Waals surface area contributed by atoms with Crippen LogP contribution in [0.1, 0.15) is 20.7 Å². The van der Waals surface area contributed by atoms with Gasteiger partial charge in [-0.1, -0.05) is 17.7 Å². The van der Waals surface area contributed by atoms with Crippen molar-refractivity contribution in [3.8, 4) is 11.5 Å². The van der Waals surface area contributed by atoms with Crippen LogP contribution in [-0.2, 0) is 0 Å². The maximum absolute atomic E-state index is 12.5. The summed E-state index contributed by atoms with van der Waals surface area (Å²) >= 11 is 5.92. The van der Waals surface area contributed by atoms with Crippen molar-refractivity contribution in [3.05, 3.63) is 82.9 Å². The first kappa shape index (κ1) is 18.8. The molecule has 1 aliphatic rings. The number of hydrogen-bond donors (Lipinski definition) is 2. The Morgan fingerprint density at radius 1 is 0.724 bits per heavy atom. The maximum atomic E-state index is 12.5. The monoisotopic (exact) mass is 408 g/mol. The van der Waals surface area contributed by atoms with Gasteiger partial charge in [-0.3, -0.25) is 9.59 Å². The van der Waals surface area contributed by atoms with Gasteiger partial charge in [0.2, 0.25) is 0 Å². The zero-order chi connectivity index (χ0) is 20.2. The lowest BCUT2D eigenvalue weighted by molar-refractivity contribution is 0.101. The molecule has 0 aromatic heterocycles. The van der Waals surface area contributed by atoms with E-state index in [4.69, 9.17) is 21.1 Å². The average Bonchev–Trinajstić information content (AvgIpc) is 2.74. The van der Waals surface area contributed by atoms with Gasteiger partial charge in [0.25, 0.3) is 11.8 Å². The summed E-state index contributed by atoms with van der Waals surface area (Å²) in [5.74, 6) is 0.661. The van der Waals surface area contributed by atoms with Crippen LogP contribution in [0.3, 0.4) is 0 Å². The molecule has 4 rings (SSSR count). The molecule has 1 heterocycles. The van der Waals surface area contributed by atoms with Crippen molar-refractivity contribution in [3.63, 3.8) is 0 Å². The van der Waals surface area contributed by atoms with E-state index in [9.17, 15) is 9.59 Å². The zero-order valence-electron chi connectivity index (χ0n) is 15.3. The number of anilines is 2. The summed E-state index contributed by atoms with van der Waals surface area (Å²) in [6.45, 7) is 0.958. The topological polar surface area (TPSA) is 76.7 Å². The van der Waals surface area contributed by atoms with E-state index in [2.05, 4.69) is 10.6 Å². The number of carbonyl (C=O) groups excluding carboxylic acids is 2. The quantitative estimate of drug-likeness (QED) is 0.660. The number of ether oxygens (including phenoxy) is 2. The van der Waals surface area contributed by atoms with E-state index in [1.165, 1.54) is 0 Å². The highest BCUT2D eigenvalue weighted by molar-refractivity contribution is 6.31. The minimum Gasteiger partial charge on any atom is -0.486 e. The molecule has 0 fully saturated rings. The Labute approximate surface area is 172 Å². The summed E-state index contributed by atoms with van der Waals surface area (Å²) in [4.78, 5) is 24.8. The molecular formula is C22H17ClN2O4. The number of carbonyl (C=O) groups is 2. The number of amides is 2. The molecule has 0 saturated heterocycles. The highest BCUT2D eigenvalue weighted by Crippen LogP contribution is 2.31. The number of fused-ring (bicyclic) bond motifs is 1. The van der Waals surface area contributed by atoms with Crippen LogP contribution in [0.5, 0.6) is 11.5 Å². The molecule has 29 heavy (non-hydrogen) atoms. The normalized spacial score (nSPS) is 12.2. The van der Waals surface area contributed by atoms with Crippen molar-refractivity contribution in [2.75, 3.05) is 23.8 Å². The molecule has 3 aromatic carbocycles. The number of benzene rings is 3. The average molecular weight is 409 g/mol. The third-order valence-electron chi connectivity index (χ3n) is 4.29. The minimum atomic E-state index is -0.266. The summed E-state index contributed by atoms with van der Waals surface area (Å²) in [5, 5.41) is 6.11. The summed E-state index contributed by atoms with van der Waals surface area (Å²) < 4.78 is 11.0. The maximum Gasteiger partial charge on any atom is 0.255 e. The molecule has 146 valence electrons. The van der Waals surface area contributed by atoms with Gasteiger partial charge in [0.15, 0.2) is 11.5 Å². The van der Waals surface area contributed by atoms with E-state index < -0.39 is 0 Å². The highest BCUT2D eigenvalue weighted by Gasteiger charge is 2.15. The molecule has 0 aliphatic carbocycles. The van der Waals surface area contributed by atoms with Gasteiger partial charge in [-0.15, -0.1) is 0 Å². The van der Waals surface area contributed by atoms with Crippen molar-refractivity contribution < 1.29 is 19.1 Å². The van der Waals surface area contributed by atoms with Gasteiger partial charge in [-0.2, -0.15) is 0 Å². The van der Waals surface area contributed by atoms with E-state index in [0.717, 1.165) is 0 Å². The summed E-state index contributed by atoms with van der Waals surface area (Å²) in [5.41, 5.74) is 2.14. The molecule has 6 nitrogen and oxygen atoms in total. The largest absolute Gasteiger partial charge is 0.486 e. The lowest BCUT2D eigenvalue weighted by Gasteiger charge is -2.18. The Bertz CT molecular complexity index is 1070. The lowest BCUT2D eigenvalue weighted by Crippen LogP contribution is -2.17. The lowest BCUT2D eigenvalue weighted by atomic mass is 10.1. The highest BCUT2D eigenvalue weighted by atomic mass is 35.5. The molecule has 1 aliphatic heterocycles. The van der Waals surface area contributed by atoms with Crippen LogP contribution in [0.2, 0.25) is 5.02 Å². The first-order valence-electron chi connectivity index (χ1n) is 8.96. The smallest absolute Gasteiger partial charge is 0.255 e. The number of rotatable bonds is 4. The van der Waals surface area contributed by atoms with Crippen LogP contribution in [0.4, 0.5) is 11.4 Å². The van der Waals surface area contributed by atoms with E-state index >= 15 is 0 Å². The van der Waals surface area contributed by atoms with Gasteiger partial charge >= 0.3 is 0 Å². The molecule has 0 radical (unpaired) electrons. The summed E-state index contributed by atoms with van der Waals surface area (Å²) in [7, 11) is 0. The van der Waals surface area contributed by atoms with Gasteiger partial charge in [0.05, 0.1) is 0 Å². The van der Waals surface area contributed by atoms with Crippen LogP contribution in [0.25, 0.3) is 0 Å². The molecule has 0 saturated carbocycles. The predicted octanol–water partition coefficient (Wildman–Crippen LogP) is 4.62. The molecule has 0 unspecified atom stereocenters. The van der Waals surface area contributed by atoms with Crippen molar-refractivity contribution in [1.82, 2.24) is 0 Å². The van der Waals surface area contributed by atoms with Gasteiger partial charge in [-0.25, -0.2) is 0 Å². The SMILES string of the molecule is O=C(Nc1ccc(NC(=O)c2ccc3c(c2)OCCO3)cc1)c1cccc(Cl)c1. The molecular weight excluding hydrogens is 392 g/mol. The predicted molar refractivity (Wildman–Crippen MR) is 111 cm³/mol. The van der Waals surface area contributed by atoms with Crippen molar-refractivity contribution >= 4 is 34.8 Å². The van der Waals surface area contributed by atoms with E-state index in [1.54, 1.807) is 66.7 Å². The second kappa shape index (κ2) is 8.24. The Morgan fingerprint density at radius 3 is 1.93 bits per heavy atom. The summed E-state index contributed by atoms with van der Waals surface area (Å²) in [6.07, 6.45) is 0. The Kier molecular flexibility index (Phi) is 5.35. The fraction of sp³-hybridized carbons (Fsp3) is 0.0909. The molecule has 2 amide bonds. The standard InChI is InChI=1S/C22H17ClN2O4/c23-16-3-1-2-14(12-16)21(26)24-17-5-7-18(8-6-17)25-22(27)15-4-9-19-20(13-15)29-11-10-28-19/h1-9,12-13H,10-11H2,(H,24,26)(H,25,27). The van der Waals surface area contributed by atoms with E-state index in [1.807, 2.05) is 0 Å². The van der Waals surface area contributed by atoms with Gasteiger partial charge < -0.3 is 20.1 Å². The Hall–Kier alpha value is -3.51. The molecule has 0 atom stereocenters. The fourth-order valence-corrected chi connectivity index (χ4v) is 3.05. The third-order valence-corrected chi connectivity index (χ3v) is 4.53. The Balaban J connectivity index is 1.40. The van der Waals surface area contributed by atoms with Crippen molar-refractivity contribution in [1.29, 1.82) is 0 Å². The van der Waals surface area contributed by atoms with Crippen LogP contribution >= 0.6 is 11.6 Å². The minimum absolute atomic E-state index is 0.263. The fourth-order valence-electron chi connectivity index (χ4n) is 2.86.